The van der Waals surface area contributed by atoms with Crippen molar-refractivity contribution in [1.29, 1.82) is 0 Å². The zero-order valence-electron chi connectivity index (χ0n) is 5.99. The van der Waals surface area contributed by atoms with Crippen molar-refractivity contribution in [3.8, 4) is 5.82 Å². The van der Waals surface area contributed by atoms with Crippen LogP contribution in [0, 0.1) is 0 Å². The van der Waals surface area contributed by atoms with Crippen LogP contribution in [0.4, 0.5) is 5.69 Å². The predicted molar refractivity (Wildman–Crippen MR) is 44.5 cm³/mol. The standard InChI is InChI=1S/C8H9N3/c9-7-3-5-11(6-7)8-2-1-4-10-8/h1-6,10H,9H2. The molecule has 11 heavy (non-hydrogen) atoms. The summed E-state index contributed by atoms with van der Waals surface area (Å²) in [7, 11) is 0. The number of nitrogens with zero attached hydrogens (tertiary/aromatic N) is 1. The highest BCUT2D eigenvalue weighted by molar-refractivity contribution is 5.39. The fraction of sp³-hybridized carbons (Fsp3) is 0. The van der Waals surface area contributed by atoms with Crippen molar-refractivity contribution in [2.24, 2.45) is 0 Å². The maximum absolute atomic E-state index is 5.55. The van der Waals surface area contributed by atoms with E-state index in [4.69, 9.17) is 5.73 Å². The minimum absolute atomic E-state index is 0.777. The summed E-state index contributed by atoms with van der Waals surface area (Å²) in [6.45, 7) is 0. The van der Waals surface area contributed by atoms with Crippen LogP contribution in [0.25, 0.3) is 5.82 Å². The molecule has 3 nitrogen and oxygen atoms in total. The fourth-order valence-electron chi connectivity index (χ4n) is 1.04. The van der Waals surface area contributed by atoms with E-state index < -0.39 is 0 Å². The molecular formula is C8H9N3. The Kier molecular flexibility index (Phi) is 1.22. The van der Waals surface area contributed by atoms with Crippen LogP contribution in [-0.4, -0.2) is 9.55 Å². The van der Waals surface area contributed by atoms with E-state index in [1.807, 2.05) is 41.4 Å². The summed E-state index contributed by atoms with van der Waals surface area (Å²) in [6, 6.07) is 5.80. The van der Waals surface area contributed by atoms with Gasteiger partial charge in [0.25, 0.3) is 0 Å². The molecule has 0 bridgehead atoms. The quantitative estimate of drug-likeness (QED) is 0.629. The number of hydrogen-bond acceptors (Lipinski definition) is 1. The van der Waals surface area contributed by atoms with Crippen LogP contribution in [0.5, 0.6) is 0 Å². The predicted octanol–water partition coefficient (Wildman–Crippen LogP) is 1.39. The zero-order valence-corrected chi connectivity index (χ0v) is 5.99. The number of nitrogens with one attached hydrogen (secondary N) is 1. The summed E-state index contributed by atoms with van der Waals surface area (Å²) in [5.41, 5.74) is 6.33. The normalized spacial score (nSPS) is 10.2. The highest BCUT2D eigenvalue weighted by atomic mass is 15.0. The molecule has 0 aromatic carbocycles. The molecule has 56 valence electrons. The summed E-state index contributed by atoms with van der Waals surface area (Å²) in [6.07, 6.45) is 5.67. The highest BCUT2D eigenvalue weighted by Crippen LogP contribution is 2.08. The Bertz CT molecular complexity index is 332. The van der Waals surface area contributed by atoms with Crippen molar-refractivity contribution in [2.75, 3.05) is 5.73 Å². The molecule has 0 fully saturated rings. The van der Waals surface area contributed by atoms with Gasteiger partial charge in [-0.1, -0.05) is 0 Å². The molecule has 0 saturated carbocycles. The molecule has 0 aliphatic rings. The van der Waals surface area contributed by atoms with Crippen LogP contribution >= 0.6 is 0 Å². The topological polar surface area (TPSA) is 46.7 Å². The second-order valence-corrected chi connectivity index (χ2v) is 2.41. The van der Waals surface area contributed by atoms with E-state index in [2.05, 4.69) is 4.98 Å². The average molecular weight is 147 g/mol. The summed E-state index contributed by atoms with van der Waals surface area (Å²) >= 11 is 0. The number of aromatic nitrogens is 2. The lowest BCUT2D eigenvalue weighted by molar-refractivity contribution is 1.03. The van der Waals surface area contributed by atoms with E-state index in [0.717, 1.165) is 11.5 Å². The van der Waals surface area contributed by atoms with Crippen LogP contribution in [-0.2, 0) is 0 Å². The Morgan fingerprint density at radius 2 is 2.27 bits per heavy atom. The third-order valence-corrected chi connectivity index (χ3v) is 1.58. The Balaban J connectivity index is 2.45. The number of rotatable bonds is 1. The van der Waals surface area contributed by atoms with Crippen molar-refractivity contribution in [3.63, 3.8) is 0 Å². The Labute approximate surface area is 64.5 Å². The lowest BCUT2D eigenvalue weighted by atomic mass is 10.6. The molecule has 2 heterocycles. The van der Waals surface area contributed by atoms with E-state index in [-0.39, 0.29) is 0 Å². The van der Waals surface area contributed by atoms with Gasteiger partial charge in [-0.2, -0.15) is 0 Å². The van der Waals surface area contributed by atoms with Gasteiger partial charge in [0.2, 0.25) is 0 Å². The lowest BCUT2D eigenvalue weighted by Gasteiger charge is -1.95. The second kappa shape index (κ2) is 2.20. The van der Waals surface area contributed by atoms with Gasteiger partial charge in [-0.25, -0.2) is 0 Å². The highest BCUT2D eigenvalue weighted by Gasteiger charge is 1.94. The minimum atomic E-state index is 0.777. The molecule has 0 saturated heterocycles. The van der Waals surface area contributed by atoms with Gasteiger partial charge in [-0.3, -0.25) is 0 Å². The van der Waals surface area contributed by atoms with Crippen molar-refractivity contribution >= 4 is 5.69 Å². The number of H-pyrrole nitrogens is 1. The molecule has 0 unspecified atom stereocenters. The first-order chi connectivity index (χ1) is 5.36. The monoisotopic (exact) mass is 147 g/mol. The summed E-state index contributed by atoms with van der Waals surface area (Å²) in [5, 5.41) is 0. The molecule has 2 rings (SSSR count). The fourth-order valence-corrected chi connectivity index (χ4v) is 1.04. The number of anilines is 1. The molecule has 0 spiro atoms. The maximum atomic E-state index is 5.55. The molecular weight excluding hydrogens is 138 g/mol. The van der Waals surface area contributed by atoms with Crippen LogP contribution in [0.3, 0.4) is 0 Å². The third kappa shape index (κ3) is 1.00. The third-order valence-electron chi connectivity index (χ3n) is 1.58. The number of nitrogen functional groups attached to an aromatic ring is 1. The van der Waals surface area contributed by atoms with E-state index in [0.29, 0.717) is 0 Å². The molecule has 2 aromatic rings. The number of aromatic amines is 1. The van der Waals surface area contributed by atoms with Gasteiger partial charge in [0.15, 0.2) is 0 Å². The lowest BCUT2D eigenvalue weighted by Crippen LogP contribution is -1.88. The van der Waals surface area contributed by atoms with Gasteiger partial charge in [-0.15, -0.1) is 0 Å². The molecule has 0 aliphatic heterocycles. The largest absolute Gasteiger partial charge is 0.397 e. The maximum Gasteiger partial charge on any atom is 0.114 e. The first-order valence-corrected chi connectivity index (χ1v) is 3.43. The van der Waals surface area contributed by atoms with Gasteiger partial charge in [-0.05, 0) is 18.2 Å². The summed E-state index contributed by atoms with van der Waals surface area (Å²) in [5.74, 6) is 1.03. The van der Waals surface area contributed by atoms with E-state index in [9.17, 15) is 0 Å². The van der Waals surface area contributed by atoms with Gasteiger partial charge in [0.05, 0.1) is 0 Å². The smallest absolute Gasteiger partial charge is 0.114 e. The van der Waals surface area contributed by atoms with Crippen molar-refractivity contribution in [1.82, 2.24) is 9.55 Å². The van der Waals surface area contributed by atoms with E-state index >= 15 is 0 Å². The number of nitrogens with two attached hydrogens (primary N) is 1. The van der Waals surface area contributed by atoms with E-state index in [1.54, 1.807) is 0 Å². The Morgan fingerprint density at radius 1 is 1.36 bits per heavy atom. The molecule has 0 amide bonds. The SMILES string of the molecule is Nc1ccn(-c2ccc[nH]2)c1. The second-order valence-electron chi connectivity index (χ2n) is 2.41. The van der Waals surface area contributed by atoms with Gasteiger partial charge in [0, 0.05) is 24.3 Å². The van der Waals surface area contributed by atoms with Gasteiger partial charge >= 0.3 is 0 Å². The Hall–Kier alpha value is -1.64. The first-order valence-electron chi connectivity index (χ1n) is 3.43. The molecule has 2 aromatic heterocycles. The van der Waals surface area contributed by atoms with Crippen molar-refractivity contribution in [3.05, 3.63) is 36.8 Å². The number of hydrogen-bond donors (Lipinski definition) is 2. The molecule has 0 atom stereocenters. The summed E-state index contributed by atoms with van der Waals surface area (Å²) in [4.78, 5) is 3.07. The van der Waals surface area contributed by atoms with Crippen LogP contribution < -0.4 is 5.73 Å². The molecule has 0 radical (unpaired) electrons. The first kappa shape index (κ1) is 6.09. The molecule has 3 heteroatoms. The van der Waals surface area contributed by atoms with Crippen LogP contribution in [0.2, 0.25) is 0 Å². The van der Waals surface area contributed by atoms with E-state index in [1.165, 1.54) is 0 Å². The average Bonchev–Trinajstić information content (AvgIpc) is 2.55. The van der Waals surface area contributed by atoms with Crippen LogP contribution in [0.1, 0.15) is 0 Å². The zero-order chi connectivity index (χ0) is 7.68. The molecule has 0 aliphatic carbocycles. The van der Waals surface area contributed by atoms with Gasteiger partial charge in [0.1, 0.15) is 5.82 Å². The van der Waals surface area contributed by atoms with Crippen LogP contribution in [0.15, 0.2) is 36.8 Å². The Morgan fingerprint density at radius 3 is 2.82 bits per heavy atom. The molecule has 3 N–H and O–H groups in total. The van der Waals surface area contributed by atoms with Crippen molar-refractivity contribution in [2.45, 2.75) is 0 Å². The summed E-state index contributed by atoms with van der Waals surface area (Å²) < 4.78 is 1.94. The van der Waals surface area contributed by atoms with Gasteiger partial charge < -0.3 is 15.3 Å². The minimum Gasteiger partial charge on any atom is -0.397 e. The van der Waals surface area contributed by atoms with Crippen molar-refractivity contribution < 1.29 is 0 Å².